The van der Waals surface area contributed by atoms with Gasteiger partial charge in [0.1, 0.15) is 17.7 Å². The summed E-state index contributed by atoms with van der Waals surface area (Å²) in [6.07, 6.45) is -0.102. The Hall–Kier alpha value is -2.92. The van der Waals surface area contributed by atoms with E-state index in [0.717, 1.165) is 13.1 Å². The zero-order valence-electron chi connectivity index (χ0n) is 18.9. The fourth-order valence-electron chi connectivity index (χ4n) is 4.33. The largest absolute Gasteiger partial charge is 0.444 e. The predicted octanol–water partition coefficient (Wildman–Crippen LogP) is 1.17. The van der Waals surface area contributed by atoms with Crippen molar-refractivity contribution in [3.8, 4) is 0 Å². The zero-order chi connectivity index (χ0) is 23.4. The number of halogens is 1. The van der Waals surface area contributed by atoms with Crippen LogP contribution in [0.15, 0.2) is 18.2 Å². The first-order valence-corrected chi connectivity index (χ1v) is 11.4. The SMILES string of the molecule is CC(=O)CC[C@H]1CN(c2ccc(N3CCNN(C(=O)N4CCNCC4)CC3)c(F)c2)C(=O)O1. The summed E-state index contributed by atoms with van der Waals surface area (Å²) in [5.74, 6) is -0.394. The van der Waals surface area contributed by atoms with Gasteiger partial charge in [-0.15, -0.1) is 0 Å². The lowest BCUT2D eigenvalue weighted by Crippen LogP contribution is -2.55. The maximum absolute atomic E-state index is 15.1. The molecule has 1 aromatic carbocycles. The number of amides is 3. The Morgan fingerprint density at radius 3 is 2.64 bits per heavy atom. The topological polar surface area (TPSA) is 97.5 Å². The number of cyclic esters (lactones) is 1. The number of rotatable bonds is 5. The average Bonchev–Trinajstić information content (AvgIpc) is 3.02. The predicted molar refractivity (Wildman–Crippen MR) is 121 cm³/mol. The molecule has 3 fully saturated rings. The Morgan fingerprint density at radius 1 is 1.12 bits per heavy atom. The van der Waals surface area contributed by atoms with Crippen molar-refractivity contribution in [1.82, 2.24) is 20.7 Å². The average molecular weight is 463 g/mol. The van der Waals surface area contributed by atoms with Crippen molar-refractivity contribution in [2.75, 3.05) is 68.7 Å². The molecule has 3 saturated heterocycles. The van der Waals surface area contributed by atoms with Crippen molar-refractivity contribution in [3.05, 3.63) is 24.0 Å². The van der Waals surface area contributed by atoms with Crippen molar-refractivity contribution in [1.29, 1.82) is 0 Å². The quantitative estimate of drug-likeness (QED) is 0.678. The van der Waals surface area contributed by atoms with Gasteiger partial charge in [-0.2, -0.15) is 0 Å². The molecule has 3 aliphatic rings. The van der Waals surface area contributed by atoms with Gasteiger partial charge >= 0.3 is 12.1 Å². The van der Waals surface area contributed by atoms with E-state index in [2.05, 4.69) is 10.7 Å². The van der Waals surface area contributed by atoms with E-state index in [9.17, 15) is 14.4 Å². The van der Waals surface area contributed by atoms with Crippen LogP contribution in [0, 0.1) is 5.82 Å². The van der Waals surface area contributed by atoms with E-state index >= 15 is 4.39 Å². The molecule has 0 aromatic heterocycles. The summed E-state index contributed by atoms with van der Waals surface area (Å²) in [5.41, 5.74) is 4.00. The van der Waals surface area contributed by atoms with E-state index in [1.807, 2.05) is 9.80 Å². The third kappa shape index (κ3) is 5.53. The van der Waals surface area contributed by atoms with Gasteiger partial charge in [0, 0.05) is 52.2 Å². The van der Waals surface area contributed by atoms with Crippen LogP contribution in [0.1, 0.15) is 19.8 Å². The van der Waals surface area contributed by atoms with E-state index < -0.39 is 11.9 Å². The van der Waals surface area contributed by atoms with Crippen LogP contribution in [0.5, 0.6) is 0 Å². The number of nitrogens with one attached hydrogen (secondary N) is 2. The van der Waals surface area contributed by atoms with Gasteiger partial charge in [0.05, 0.1) is 24.5 Å². The first-order valence-electron chi connectivity index (χ1n) is 11.4. The van der Waals surface area contributed by atoms with Gasteiger partial charge < -0.3 is 24.6 Å². The molecule has 1 aromatic rings. The van der Waals surface area contributed by atoms with E-state index in [-0.39, 0.29) is 17.9 Å². The second-order valence-corrected chi connectivity index (χ2v) is 8.56. The zero-order valence-corrected chi connectivity index (χ0v) is 18.9. The van der Waals surface area contributed by atoms with E-state index in [1.54, 1.807) is 17.1 Å². The van der Waals surface area contributed by atoms with Crippen LogP contribution in [0.4, 0.5) is 25.4 Å². The number of benzene rings is 1. The van der Waals surface area contributed by atoms with Crippen molar-refractivity contribution in [2.24, 2.45) is 0 Å². The van der Waals surface area contributed by atoms with Gasteiger partial charge in [-0.1, -0.05) is 0 Å². The highest BCUT2D eigenvalue weighted by molar-refractivity contribution is 5.90. The number of Topliss-reactive ketones (excluding diaryl/α,β-unsaturated/α-hetero) is 1. The van der Waals surface area contributed by atoms with Crippen molar-refractivity contribution in [3.63, 3.8) is 0 Å². The van der Waals surface area contributed by atoms with Crippen LogP contribution >= 0.6 is 0 Å². The number of hydrazine groups is 1. The molecule has 33 heavy (non-hydrogen) atoms. The summed E-state index contributed by atoms with van der Waals surface area (Å²) in [5, 5.41) is 4.84. The lowest BCUT2D eigenvalue weighted by Gasteiger charge is -2.32. The van der Waals surface area contributed by atoms with Crippen molar-refractivity contribution in [2.45, 2.75) is 25.9 Å². The molecule has 0 saturated carbocycles. The lowest BCUT2D eigenvalue weighted by molar-refractivity contribution is -0.117. The Bertz CT molecular complexity index is 894. The molecule has 10 nitrogen and oxygen atoms in total. The maximum Gasteiger partial charge on any atom is 0.414 e. The summed E-state index contributed by atoms with van der Waals surface area (Å²) in [4.78, 5) is 41.3. The number of ketones is 1. The van der Waals surface area contributed by atoms with Gasteiger partial charge in [0.2, 0.25) is 0 Å². The highest BCUT2D eigenvalue weighted by atomic mass is 19.1. The Labute approximate surface area is 192 Å². The normalized spacial score (nSPS) is 21.8. The number of anilines is 2. The van der Waals surface area contributed by atoms with Crippen LogP contribution in [0.3, 0.4) is 0 Å². The highest BCUT2D eigenvalue weighted by Gasteiger charge is 2.33. The van der Waals surface area contributed by atoms with Gasteiger partial charge in [-0.05, 0) is 31.5 Å². The highest BCUT2D eigenvalue weighted by Crippen LogP contribution is 2.29. The molecule has 0 spiro atoms. The number of ether oxygens (including phenoxy) is 1. The van der Waals surface area contributed by atoms with E-state index in [0.29, 0.717) is 70.0 Å². The summed E-state index contributed by atoms with van der Waals surface area (Å²) in [6.45, 7) is 6.67. The Balaban J connectivity index is 1.37. The van der Waals surface area contributed by atoms with E-state index in [1.165, 1.54) is 17.9 Å². The molecule has 0 unspecified atom stereocenters. The lowest BCUT2D eigenvalue weighted by atomic mass is 10.1. The summed E-state index contributed by atoms with van der Waals surface area (Å²) in [6, 6.07) is 4.65. The molecule has 3 heterocycles. The molecule has 0 aliphatic carbocycles. The number of urea groups is 1. The van der Waals surface area contributed by atoms with Crippen LogP contribution in [0.25, 0.3) is 0 Å². The molecule has 3 aliphatic heterocycles. The summed E-state index contributed by atoms with van der Waals surface area (Å²) >= 11 is 0. The summed E-state index contributed by atoms with van der Waals surface area (Å²) < 4.78 is 20.4. The number of hydrogen-bond donors (Lipinski definition) is 2. The summed E-state index contributed by atoms with van der Waals surface area (Å²) in [7, 11) is 0. The first kappa shape index (κ1) is 23.2. The van der Waals surface area contributed by atoms with Gasteiger partial charge in [-0.3, -0.25) is 9.91 Å². The minimum atomic E-state index is -0.531. The van der Waals surface area contributed by atoms with Gasteiger partial charge in [-0.25, -0.2) is 19.4 Å². The fourth-order valence-corrected chi connectivity index (χ4v) is 4.33. The van der Waals surface area contributed by atoms with E-state index in [4.69, 9.17) is 4.74 Å². The Morgan fingerprint density at radius 2 is 1.91 bits per heavy atom. The maximum atomic E-state index is 15.1. The second kappa shape index (κ2) is 10.3. The first-order chi connectivity index (χ1) is 15.9. The molecule has 0 bridgehead atoms. The molecule has 4 rings (SSSR count). The number of carbonyl (C=O) groups excluding carboxylic acids is 3. The minimum absolute atomic E-state index is 0.0417. The molecule has 2 N–H and O–H groups in total. The molecular formula is C22H31FN6O4. The third-order valence-electron chi connectivity index (χ3n) is 6.17. The minimum Gasteiger partial charge on any atom is -0.444 e. The van der Waals surface area contributed by atoms with Gasteiger partial charge in [0.25, 0.3) is 0 Å². The number of nitrogens with zero attached hydrogens (tertiary/aromatic N) is 4. The molecule has 180 valence electrons. The Kier molecular flexibility index (Phi) is 7.29. The standard InChI is InChI=1S/C22H31FN6O4/c1-16(30)2-4-18-15-28(22(32)33-18)17-3-5-20(19(23)14-17)26-11-8-25-29(13-12-26)21(31)27-9-6-24-7-10-27/h3,5,14,18,24-25H,2,4,6-13,15H2,1H3/t18-/m0/s1. The monoisotopic (exact) mass is 462 g/mol. The molecule has 11 heteroatoms. The van der Waals surface area contributed by atoms with Crippen LogP contribution in [-0.2, 0) is 9.53 Å². The smallest absolute Gasteiger partial charge is 0.414 e. The number of carbonyl (C=O) groups is 3. The van der Waals surface area contributed by atoms with Crippen LogP contribution in [-0.4, -0.2) is 92.8 Å². The van der Waals surface area contributed by atoms with Crippen molar-refractivity contribution >= 4 is 29.3 Å². The van der Waals surface area contributed by atoms with Crippen molar-refractivity contribution < 1.29 is 23.5 Å². The molecule has 1 atom stereocenters. The third-order valence-corrected chi connectivity index (χ3v) is 6.17. The molecule has 0 radical (unpaired) electrons. The number of piperazine rings is 1. The number of hydrogen-bond acceptors (Lipinski definition) is 7. The van der Waals surface area contributed by atoms with Gasteiger partial charge in [0.15, 0.2) is 0 Å². The molecule has 3 amide bonds. The fraction of sp³-hybridized carbons (Fsp3) is 0.591. The molecular weight excluding hydrogens is 431 g/mol. The van der Waals surface area contributed by atoms with Crippen LogP contribution < -0.4 is 20.5 Å². The second-order valence-electron chi connectivity index (χ2n) is 8.56. The van der Waals surface area contributed by atoms with Crippen LogP contribution in [0.2, 0.25) is 0 Å².